The van der Waals surface area contributed by atoms with Crippen LogP contribution in [-0.4, -0.2) is 30.1 Å². The Morgan fingerprint density at radius 3 is 3.25 bits per heavy atom. The number of fused-ring (bicyclic) bond motifs is 5. The summed E-state index contributed by atoms with van der Waals surface area (Å²) in [7, 11) is 0. The first-order chi connectivity index (χ1) is 7.95. The highest BCUT2D eigenvalue weighted by Gasteiger charge is 2.46. The Labute approximate surface area is 96.3 Å². The van der Waals surface area contributed by atoms with E-state index in [2.05, 4.69) is 29.2 Å². The fourth-order valence-electron chi connectivity index (χ4n) is 3.84. The summed E-state index contributed by atoms with van der Waals surface area (Å²) in [5.41, 5.74) is 1.43. The van der Waals surface area contributed by atoms with Crippen LogP contribution in [0.5, 0.6) is 0 Å². The second-order valence-corrected chi connectivity index (χ2v) is 5.20. The van der Waals surface area contributed by atoms with Crippen molar-refractivity contribution in [3.63, 3.8) is 0 Å². The smallest absolute Gasteiger partial charge is 0.106 e. The molecule has 84 valence electrons. The van der Waals surface area contributed by atoms with Crippen molar-refractivity contribution in [2.24, 2.45) is 5.92 Å². The topological polar surface area (TPSA) is 12.5 Å². The molecule has 3 aliphatic heterocycles. The van der Waals surface area contributed by atoms with E-state index in [9.17, 15) is 0 Å². The molecular formula is C14H17NO. The van der Waals surface area contributed by atoms with Crippen molar-refractivity contribution in [2.45, 2.75) is 31.3 Å². The molecule has 0 radical (unpaired) electrons. The van der Waals surface area contributed by atoms with Gasteiger partial charge in [0.2, 0.25) is 0 Å². The molecule has 0 aromatic rings. The lowest BCUT2D eigenvalue weighted by atomic mass is 9.83. The number of rotatable bonds is 0. The lowest BCUT2D eigenvalue weighted by Gasteiger charge is -2.41. The molecule has 2 fully saturated rings. The molecule has 0 aromatic carbocycles. The van der Waals surface area contributed by atoms with Crippen molar-refractivity contribution >= 4 is 0 Å². The average Bonchev–Trinajstić information content (AvgIpc) is 2.98. The Hall–Kier alpha value is -1.02. The largest absolute Gasteiger partial charge is 0.497 e. The van der Waals surface area contributed by atoms with Gasteiger partial charge in [0.1, 0.15) is 5.76 Å². The fourth-order valence-corrected chi connectivity index (χ4v) is 3.84. The van der Waals surface area contributed by atoms with Crippen molar-refractivity contribution in [1.82, 2.24) is 4.90 Å². The maximum Gasteiger partial charge on any atom is 0.106 e. The number of hydrogen-bond acceptors (Lipinski definition) is 2. The van der Waals surface area contributed by atoms with E-state index in [4.69, 9.17) is 4.74 Å². The van der Waals surface area contributed by atoms with Crippen LogP contribution < -0.4 is 0 Å². The summed E-state index contributed by atoms with van der Waals surface area (Å²) >= 11 is 0. The summed E-state index contributed by atoms with van der Waals surface area (Å²) in [4.78, 5) is 2.69. The molecule has 2 heteroatoms. The molecule has 0 aromatic heterocycles. The van der Waals surface area contributed by atoms with Crippen molar-refractivity contribution < 1.29 is 4.74 Å². The van der Waals surface area contributed by atoms with E-state index in [0.717, 1.165) is 12.6 Å². The number of allylic oxidation sites excluding steroid dienone is 2. The van der Waals surface area contributed by atoms with E-state index in [-0.39, 0.29) is 0 Å². The van der Waals surface area contributed by atoms with Gasteiger partial charge >= 0.3 is 0 Å². The molecular weight excluding hydrogens is 198 g/mol. The monoisotopic (exact) mass is 215 g/mol. The molecule has 3 unspecified atom stereocenters. The third-order valence-electron chi connectivity index (χ3n) is 4.47. The molecule has 0 N–H and O–H groups in total. The summed E-state index contributed by atoms with van der Waals surface area (Å²) in [6.07, 6.45) is 12.9. The maximum absolute atomic E-state index is 5.90. The Kier molecular flexibility index (Phi) is 1.83. The van der Waals surface area contributed by atoms with E-state index >= 15 is 0 Å². The predicted octanol–water partition coefficient (Wildman–Crippen LogP) is 2.25. The molecule has 2 saturated heterocycles. The van der Waals surface area contributed by atoms with Crippen LogP contribution in [0.15, 0.2) is 35.6 Å². The van der Waals surface area contributed by atoms with Crippen molar-refractivity contribution in [2.75, 3.05) is 13.2 Å². The van der Waals surface area contributed by atoms with Gasteiger partial charge < -0.3 is 4.74 Å². The minimum atomic E-state index is 0.502. The van der Waals surface area contributed by atoms with Gasteiger partial charge in [-0.2, -0.15) is 0 Å². The van der Waals surface area contributed by atoms with Crippen LogP contribution in [-0.2, 0) is 4.74 Å². The van der Waals surface area contributed by atoms with E-state index in [1.807, 2.05) is 0 Å². The fraction of sp³-hybridized carbons (Fsp3) is 0.571. The highest BCUT2D eigenvalue weighted by Crippen LogP contribution is 2.45. The normalized spacial score (nSPS) is 40.6. The van der Waals surface area contributed by atoms with Crippen LogP contribution >= 0.6 is 0 Å². The predicted molar refractivity (Wildman–Crippen MR) is 62.9 cm³/mol. The summed E-state index contributed by atoms with van der Waals surface area (Å²) < 4.78 is 5.90. The Morgan fingerprint density at radius 1 is 1.25 bits per heavy atom. The maximum atomic E-state index is 5.90. The molecule has 3 heterocycles. The third-order valence-corrected chi connectivity index (χ3v) is 4.47. The number of hydrogen-bond donors (Lipinski definition) is 0. The lowest BCUT2D eigenvalue weighted by molar-refractivity contribution is 0.150. The van der Waals surface area contributed by atoms with E-state index < -0.39 is 0 Å². The highest BCUT2D eigenvalue weighted by atomic mass is 16.5. The summed E-state index contributed by atoms with van der Waals surface area (Å²) in [5, 5.41) is 0. The van der Waals surface area contributed by atoms with Gasteiger partial charge in [-0.15, -0.1) is 0 Å². The first-order valence-electron chi connectivity index (χ1n) is 6.42. The van der Waals surface area contributed by atoms with Gasteiger partial charge in [-0.1, -0.05) is 24.3 Å². The van der Waals surface area contributed by atoms with Crippen molar-refractivity contribution in [3.8, 4) is 0 Å². The van der Waals surface area contributed by atoms with Gasteiger partial charge in [-0.25, -0.2) is 0 Å². The zero-order valence-corrected chi connectivity index (χ0v) is 9.43. The van der Waals surface area contributed by atoms with Crippen LogP contribution in [0.4, 0.5) is 0 Å². The van der Waals surface area contributed by atoms with Gasteiger partial charge in [0, 0.05) is 17.5 Å². The Morgan fingerprint density at radius 2 is 2.25 bits per heavy atom. The van der Waals surface area contributed by atoms with Gasteiger partial charge in [0.25, 0.3) is 0 Å². The van der Waals surface area contributed by atoms with Crippen LogP contribution in [0.1, 0.15) is 19.3 Å². The Bertz CT molecular complexity index is 407. The minimum Gasteiger partial charge on any atom is -0.497 e. The third kappa shape index (κ3) is 1.06. The number of ether oxygens (including phenoxy) is 1. The second kappa shape index (κ2) is 3.24. The summed E-state index contributed by atoms with van der Waals surface area (Å²) in [6.45, 7) is 2.19. The first kappa shape index (κ1) is 9.06. The first-order valence-corrected chi connectivity index (χ1v) is 6.42. The highest BCUT2D eigenvalue weighted by molar-refractivity contribution is 5.42. The van der Waals surface area contributed by atoms with Crippen LogP contribution in [0.2, 0.25) is 0 Å². The molecule has 2 nitrogen and oxygen atoms in total. The van der Waals surface area contributed by atoms with Crippen molar-refractivity contribution in [1.29, 1.82) is 0 Å². The van der Waals surface area contributed by atoms with Gasteiger partial charge in [0.15, 0.2) is 0 Å². The quantitative estimate of drug-likeness (QED) is 0.614. The van der Waals surface area contributed by atoms with E-state index in [0.29, 0.717) is 12.0 Å². The molecule has 3 atom stereocenters. The second-order valence-electron chi connectivity index (χ2n) is 5.20. The molecule has 16 heavy (non-hydrogen) atoms. The zero-order valence-electron chi connectivity index (χ0n) is 9.43. The molecule has 0 spiro atoms. The number of nitrogens with zero attached hydrogens (tertiary/aromatic N) is 1. The molecule has 4 rings (SSSR count). The van der Waals surface area contributed by atoms with Crippen LogP contribution in [0, 0.1) is 5.92 Å². The summed E-state index contributed by atoms with van der Waals surface area (Å²) in [5.74, 6) is 2.00. The lowest BCUT2D eigenvalue weighted by Crippen LogP contribution is -2.47. The van der Waals surface area contributed by atoms with E-state index in [1.54, 1.807) is 0 Å². The zero-order chi connectivity index (χ0) is 10.5. The average molecular weight is 215 g/mol. The van der Waals surface area contributed by atoms with Gasteiger partial charge in [0.05, 0.1) is 12.6 Å². The standard InChI is InChI=1S/C14H17NO/c1-2-5-12-10(4-1)14-11(7-9-16-14)13-6-3-8-15(12)13/h1-2,4-5,11-13H,3,6-9H2. The molecule has 1 aliphatic carbocycles. The molecule has 0 amide bonds. The van der Waals surface area contributed by atoms with Gasteiger partial charge in [-0.05, 0) is 25.8 Å². The molecule has 0 saturated carbocycles. The Balaban J connectivity index is 1.85. The summed E-state index contributed by atoms with van der Waals surface area (Å²) in [6, 6.07) is 1.25. The van der Waals surface area contributed by atoms with Gasteiger partial charge in [-0.3, -0.25) is 4.90 Å². The van der Waals surface area contributed by atoms with E-state index in [1.165, 1.54) is 37.1 Å². The SMILES string of the molecule is C1=CC2=C3OCCC3C3CCCN3C2C=C1. The minimum absolute atomic E-state index is 0.502. The molecule has 0 bridgehead atoms. The van der Waals surface area contributed by atoms with Crippen LogP contribution in [0.3, 0.4) is 0 Å². The molecule has 4 aliphatic rings. The van der Waals surface area contributed by atoms with Crippen molar-refractivity contribution in [3.05, 3.63) is 35.6 Å². The van der Waals surface area contributed by atoms with Crippen LogP contribution in [0.25, 0.3) is 0 Å².